The first-order chi connectivity index (χ1) is 15.9. The topological polar surface area (TPSA) is 64.7 Å². The van der Waals surface area contributed by atoms with E-state index in [0.717, 1.165) is 23.2 Å². The van der Waals surface area contributed by atoms with Gasteiger partial charge in [-0.15, -0.1) is 0 Å². The van der Waals surface area contributed by atoms with Crippen LogP contribution in [0.4, 0.5) is 10.5 Å². The average molecular weight is 445 g/mol. The summed E-state index contributed by atoms with van der Waals surface area (Å²) in [6, 6.07) is 26.4. The zero-order chi connectivity index (χ0) is 23.6. The Kier molecular flexibility index (Phi) is 8.61. The van der Waals surface area contributed by atoms with E-state index in [1.54, 1.807) is 11.9 Å². The minimum atomic E-state index is -0.664. The summed E-state index contributed by atoms with van der Waals surface area (Å²) in [5.74, 6) is -0.115. The summed E-state index contributed by atoms with van der Waals surface area (Å²) in [5, 5.41) is 5.73. The van der Waals surface area contributed by atoms with Crippen LogP contribution in [0.2, 0.25) is 0 Å². The first-order valence-electron chi connectivity index (χ1n) is 11.1. The molecule has 3 amide bonds. The van der Waals surface area contributed by atoms with Gasteiger partial charge in [-0.25, -0.2) is 4.79 Å². The van der Waals surface area contributed by atoms with Gasteiger partial charge in [0.05, 0.1) is 0 Å². The van der Waals surface area contributed by atoms with E-state index in [4.69, 9.17) is 0 Å². The zero-order valence-electron chi connectivity index (χ0n) is 19.5. The van der Waals surface area contributed by atoms with Gasteiger partial charge in [0.25, 0.3) is 0 Å². The zero-order valence-corrected chi connectivity index (χ0v) is 19.5. The van der Waals surface area contributed by atoms with Crippen molar-refractivity contribution in [2.75, 3.05) is 39.5 Å². The molecule has 3 aromatic rings. The molecule has 3 aromatic carbocycles. The van der Waals surface area contributed by atoms with Crippen LogP contribution in [-0.2, 0) is 11.2 Å². The van der Waals surface area contributed by atoms with E-state index in [0.29, 0.717) is 18.7 Å². The Balaban J connectivity index is 1.66. The normalized spacial score (nSPS) is 11.6. The molecule has 2 N–H and O–H groups in total. The maximum Gasteiger partial charge on any atom is 0.319 e. The van der Waals surface area contributed by atoms with Gasteiger partial charge in [0.1, 0.15) is 6.04 Å². The van der Waals surface area contributed by atoms with Crippen LogP contribution in [0.25, 0.3) is 11.1 Å². The van der Waals surface area contributed by atoms with Crippen molar-refractivity contribution in [3.8, 4) is 11.1 Å². The van der Waals surface area contributed by atoms with Gasteiger partial charge in [0, 0.05) is 32.2 Å². The van der Waals surface area contributed by atoms with E-state index >= 15 is 0 Å². The summed E-state index contributed by atoms with van der Waals surface area (Å²) in [6.45, 7) is 1.33. The quantitative estimate of drug-likeness (QED) is 0.522. The summed E-state index contributed by atoms with van der Waals surface area (Å²) >= 11 is 0. The van der Waals surface area contributed by atoms with Crippen LogP contribution in [0.1, 0.15) is 5.56 Å². The lowest BCUT2D eigenvalue weighted by Crippen LogP contribution is -2.50. The van der Waals surface area contributed by atoms with E-state index in [9.17, 15) is 9.59 Å². The number of hydrogen-bond donors (Lipinski definition) is 2. The smallest absolute Gasteiger partial charge is 0.319 e. The third-order valence-electron chi connectivity index (χ3n) is 5.39. The first-order valence-corrected chi connectivity index (χ1v) is 11.1. The number of nitrogens with one attached hydrogen (secondary N) is 2. The highest BCUT2D eigenvalue weighted by atomic mass is 16.2. The molecule has 3 rings (SSSR count). The number of anilines is 1. The van der Waals surface area contributed by atoms with Gasteiger partial charge >= 0.3 is 6.03 Å². The van der Waals surface area contributed by atoms with Gasteiger partial charge in [-0.3, -0.25) is 4.79 Å². The lowest BCUT2D eigenvalue weighted by Gasteiger charge is -2.26. The fourth-order valence-corrected chi connectivity index (χ4v) is 3.48. The largest absolute Gasteiger partial charge is 0.343 e. The Morgan fingerprint density at radius 3 is 1.94 bits per heavy atom. The molecule has 0 radical (unpaired) electrons. The number of likely N-dealkylation sites (N-methyl/N-ethyl adjacent to an activating group) is 2. The molecule has 0 aromatic heterocycles. The molecule has 0 bridgehead atoms. The molecule has 0 aliphatic heterocycles. The van der Waals surface area contributed by atoms with E-state index in [-0.39, 0.29) is 5.91 Å². The van der Waals surface area contributed by atoms with Crippen molar-refractivity contribution < 1.29 is 9.59 Å². The van der Waals surface area contributed by atoms with Crippen LogP contribution >= 0.6 is 0 Å². The molecule has 0 aliphatic carbocycles. The number of carbonyl (C=O) groups is 2. The molecule has 6 nitrogen and oxygen atoms in total. The van der Waals surface area contributed by atoms with E-state index in [1.165, 1.54) is 0 Å². The van der Waals surface area contributed by atoms with Crippen molar-refractivity contribution >= 4 is 17.6 Å². The van der Waals surface area contributed by atoms with Crippen LogP contribution in [0.5, 0.6) is 0 Å². The predicted octanol–water partition coefficient (Wildman–Crippen LogP) is 4.11. The summed E-state index contributed by atoms with van der Waals surface area (Å²) in [7, 11) is 5.70. The van der Waals surface area contributed by atoms with Crippen molar-refractivity contribution in [3.63, 3.8) is 0 Å². The van der Waals surface area contributed by atoms with Crippen LogP contribution in [0, 0.1) is 0 Å². The standard InChI is InChI=1S/C27H32N4O2/c1-30(2)18-19-31(3)26(32)25(20-21-10-6-4-7-11-21)29-27(33)28-24-16-14-23(15-17-24)22-12-8-5-9-13-22/h4-17,25H,18-20H2,1-3H3,(H2,28,29,33). The molecule has 1 unspecified atom stereocenters. The Morgan fingerprint density at radius 1 is 0.758 bits per heavy atom. The Morgan fingerprint density at radius 2 is 1.33 bits per heavy atom. The minimum absolute atomic E-state index is 0.115. The molecule has 0 spiro atoms. The number of carbonyl (C=O) groups excluding carboxylic acids is 2. The Hall–Kier alpha value is -3.64. The molecule has 0 heterocycles. The van der Waals surface area contributed by atoms with Gasteiger partial charge < -0.3 is 20.4 Å². The van der Waals surface area contributed by atoms with Crippen molar-refractivity contribution in [2.45, 2.75) is 12.5 Å². The van der Waals surface area contributed by atoms with Crippen LogP contribution < -0.4 is 10.6 Å². The summed E-state index contributed by atoms with van der Waals surface area (Å²) in [5.41, 5.74) is 3.84. The maximum atomic E-state index is 13.1. The molecular weight excluding hydrogens is 412 g/mol. The second kappa shape index (κ2) is 11.8. The van der Waals surface area contributed by atoms with Crippen LogP contribution in [0.3, 0.4) is 0 Å². The molecule has 0 fully saturated rings. The molecule has 33 heavy (non-hydrogen) atoms. The van der Waals surface area contributed by atoms with Crippen LogP contribution in [-0.4, -0.2) is 62.0 Å². The number of hydrogen-bond acceptors (Lipinski definition) is 3. The number of nitrogens with zero attached hydrogens (tertiary/aromatic N) is 2. The number of benzene rings is 3. The third kappa shape index (κ3) is 7.47. The molecule has 172 valence electrons. The minimum Gasteiger partial charge on any atom is -0.343 e. The summed E-state index contributed by atoms with van der Waals surface area (Å²) < 4.78 is 0. The van der Waals surface area contributed by atoms with E-state index in [2.05, 4.69) is 10.6 Å². The van der Waals surface area contributed by atoms with Crippen molar-refractivity contribution in [3.05, 3.63) is 90.5 Å². The molecule has 6 heteroatoms. The highest BCUT2D eigenvalue weighted by molar-refractivity contribution is 5.94. The lowest BCUT2D eigenvalue weighted by atomic mass is 10.0. The van der Waals surface area contributed by atoms with Gasteiger partial charge in [0.15, 0.2) is 0 Å². The second-order valence-corrected chi connectivity index (χ2v) is 8.35. The molecule has 0 saturated heterocycles. The molecule has 1 atom stereocenters. The number of amides is 3. The van der Waals surface area contributed by atoms with Crippen molar-refractivity contribution in [1.82, 2.24) is 15.1 Å². The maximum absolute atomic E-state index is 13.1. The van der Waals surface area contributed by atoms with Crippen LogP contribution in [0.15, 0.2) is 84.9 Å². The van der Waals surface area contributed by atoms with Gasteiger partial charge in [0.2, 0.25) is 5.91 Å². The third-order valence-corrected chi connectivity index (χ3v) is 5.39. The van der Waals surface area contributed by atoms with Crippen molar-refractivity contribution in [2.24, 2.45) is 0 Å². The Bertz CT molecular complexity index is 1020. The van der Waals surface area contributed by atoms with Gasteiger partial charge in [-0.1, -0.05) is 72.8 Å². The second-order valence-electron chi connectivity index (χ2n) is 8.35. The fourth-order valence-electron chi connectivity index (χ4n) is 3.48. The van der Waals surface area contributed by atoms with Gasteiger partial charge in [-0.05, 0) is 42.9 Å². The van der Waals surface area contributed by atoms with E-state index < -0.39 is 12.1 Å². The molecule has 0 aliphatic rings. The van der Waals surface area contributed by atoms with Gasteiger partial charge in [-0.2, -0.15) is 0 Å². The first kappa shape index (κ1) is 24.0. The summed E-state index contributed by atoms with van der Waals surface area (Å²) in [4.78, 5) is 29.6. The SMILES string of the molecule is CN(C)CCN(C)C(=O)C(Cc1ccccc1)NC(=O)Nc1ccc(-c2ccccc2)cc1. The van der Waals surface area contributed by atoms with E-state index in [1.807, 2.05) is 104 Å². The highest BCUT2D eigenvalue weighted by Gasteiger charge is 2.24. The Labute approximate surface area is 196 Å². The molecular formula is C27H32N4O2. The van der Waals surface area contributed by atoms with Crippen molar-refractivity contribution in [1.29, 1.82) is 0 Å². The number of rotatable bonds is 9. The monoisotopic (exact) mass is 444 g/mol. The molecule has 0 saturated carbocycles. The predicted molar refractivity (Wildman–Crippen MR) is 134 cm³/mol. The lowest BCUT2D eigenvalue weighted by molar-refractivity contribution is -0.132. The number of urea groups is 1. The highest BCUT2D eigenvalue weighted by Crippen LogP contribution is 2.21. The fraction of sp³-hybridized carbons (Fsp3) is 0.259. The summed E-state index contributed by atoms with van der Waals surface area (Å²) in [6.07, 6.45) is 0.423. The average Bonchev–Trinajstić information content (AvgIpc) is 2.83.